The number of anilines is 1. The normalized spacial score (nSPS) is 15.9. The van der Waals surface area contributed by atoms with E-state index in [-0.39, 0.29) is 23.5 Å². The fourth-order valence-corrected chi connectivity index (χ4v) is 5.38. The van der Waals surface area contributed by atoms with Gasteiger partial charge in [0.05, 0.1) is 22.3 Å². The van der Waals surface area contributed by atoms with Crippen molar-refractivity contribution >= 4 is 45.8 Å². The molecule has 2 aromatic rings. The molecule has 3 rings (SSSR count). The van der Waals surface area contributed by atoms with Crippen LogP contribution in [-0.4, -0.2) is 29.5 Å². The summed E-state index contributed by atoms with van der Waals surface area (Å²) in [5.74, 6) is -0.664. The van der Waals surface area contributed by atoms with Gasteiger partial charge in [0, 0.05) is 11.3 Å². The maximum absolute atomic E-state index is 13.0. The highest BCUT2D eigenvalue weighted by Gasteiger charge is 2.36. The smallest absolute Gasteiger partial charge is 0.341 e. The van der Waals surface area contributed by atoms with E-state index in [9.17, 15) is 14.4 Å². The molecule has 0 spiro atoms. The Balaban J connectivity index is 1.93. The zero-order valence-corrected chi connectivity index (χ0v) is 16.9. The number of ketones is 1. The molecule has 1 aromatic carbocycles. The quantitative estimate of drug-likeness (QED) is 0.716. The highest BCUT2D eigenvalue weighted by atomic mass is 32.2. The van der Waals surface area contributed by atoms with Crippen molar-refractivity contribution < 1.29 is 19.1 Å². The first-order valence-corrected chi connectivity index (χ1v) is 10.6. The minimum Gasteiger partial charge on any atom is -0.462 e. The molecule has 0 radical (unpaired) electrons. The van der Waals surface area contributed by atoms with Crippen LogP contribution in [0, 0.1) is 0 Å². The number of nitrogens with one attached hydrogen (secondary N) is 1. The van der Waals surface area contributed by atoms with E-state index in [1.54, 1.807) is 25.6 Å². The number of thiophene rings is 1. The summed E-state index contributed by atoms with van der Waals surface area (Å²) < 4.78 is 5.17. The van der Waals surface area contributed by atoms with Crippen LogP contribution in [0.4, 0.5) is 5.00 Å². The number of carbonyl (C=O) groups excluding carboxylic acids is 3. The Kier molecular flexibility index (Phi) is 6.34. The third kappa shape index (κ3) is 4.25. The van der Waals surface area contributed by atoms with Crippen LogP contribution in [0.15, 0.2) is 35.2 Å². The van der Waals surface area contributed by atoms with Crippen molar-refractivity contribution in [1.29, 1.82) is 0 Å². The van der Waals surface area contributed by atoms with Gasteiger partial charge in [-0.15, -0.1) is 23.1 Å². The van der Waals surface area contributed by atoms with Crippen LogP contribution in [0.3, 0.4) is 0 Å². The number of hydrogen-bond acceptors (Lipinski definition) is 6. The summed E-state index contributed by atoms with van der Waals surface area (Å²) in [6.07, 6.45) is 1.55. The molecule has 5 nitrogen and oxygen atoms in total. The topological polar surface area (TPSA) is 72.5 Å². The van der Waals surface area contributed by atoms with Crippen LogP contribution < -0.4 is 5.32 Å². The standard InChI is InChI=1S/C20H21NO4S2/c1-3-15(22)21-19-16(20(24)25-4-2)13-10-11-14(17(23)18(13)27-19)26-12-8-6-5-7-9-12/h5-9,14H,3-4,10-11H2,1-2H3,(H,21,22)/t14-/m0/s1. The van der Waals surface area contributed by atoms with E-state index in [0.29, 0.717) is 40.3 Å². The van der Waals surface area contributed by atoms with Gasteiger partial charge in [-0.1, -0.05) is 25.1 Å². The maximum Gasteiger partial charge on any atom is 0.341 e. The number of thioether (sulfide) groups is 1. The van der Waals surface area contributed by atoms with Crippen molar-refractivity contribution in [3.05, 3.63) is 46.3 Å². The summed E-state index contributed by atoms with van der Waals surface area (Å²) in [7, 11) is 0. The van der Waals surface area contributed by atoms with Gasteiger partial charge >= 0.3 is 5.97 Å². The first-order valence-electron chi connectivity index (χ1n) is 8.93. The number of hydrogen-bond donors (Lipinski definition) is 1. The molecular weight excluding hydrogens is 382 g/mol. The molecule has 1 N–H and O–H groups in total. The lowest BCUT2D eigenvalue weighted by atomic mass is 9.94. The van der Waals surface area contributed by atoms with Crippen LogP contribution >= 0.6 is 23.1 Å². The van der Waals surface area contributed by atoms with Gasteiger partial charge in [0.1, 0.15) is 5.00 Å². The molecular formula is C20H21NO4S2. The Morgan fingerprint density at radius 1 is 1.26 bits per heavy atom. The van der Waals surface area contributed by atoms with Gasteiger partial charge in [-0.25, -0.2) is 4.79 Å². The minimum atomic E-state index is -0.483. The molecule has 1 amide bonds. The molecule has 142 valence electrons. The summed E-state index contributed by atoms with van der Waals surface area (Å²) in [5.41, 5.74) is 1.05. The number of benzene rings is 1. The molecule has 0 saturated carbocycles. The third-order valence-electron chi connectivity index (χ3n) is 4.25. The lowest BCUT2D eigenvalue weighted by molar-refractivity contribution is -0.115. The van der Waals surface area contributed by atoms with Gasteiger partial charge in [-0.05, 0) is 37.5 Å². The number of amides is 1. The van der Waals surface area contributed by atoms with Crippen molar-refractivity contribution in [2.75, 3.05) is 11.9 Å². The minimum absolute atomic E-state index is 0.0117. The van der Waals surface area contributed by atoms with E-state index in [1.807, 2.05) is 30.3 Å². The zero-order chi connectivity index (χ0) is 19.4. The van der Waals surface area contributed by atoms with Crippen molar-refractivity contribution in [3.8, 4) is 0 Å². The lowest BCUT2D eigenvalue weighted by Gasteiger charge is -2.20. The zero-order valence-electron chi connectivity index (χ0n) is 15.2. The van der Waals surface area contributed by atoms with E-state index in [1.165, 1.54) is 11.3 Å². The van der Waals surface area contributed by atoms with Crippen molar-refractivity contribution in [2.24, 2.45) is 0 Å². The molecule has 0 aliphatic heterocycles. The number of esters is 1. The van der Waals surface area contributed by atoms with Gasteiger partial charge in [-0.3, -0.25) is 9.59 Å². The van der Waals surface area contributed by atoms with Crippen LogP contribution in [0.1, 0.15) is 52.3 Å². The average Bonchev–Trinajstić information content (AvgIpc) is 3.03. The second kappa shape index (κ2) is 8.71. The lowest BCUT2D eigenvalue weighted by Crippen LogP contribution is -2.24. The first-order chi connectivity index (χ1) is 13.0. The molecule has 7 heteroatoms. The van der Waals surface area contributed by atoms with E-state index >= 15 is 0 Å². The molecule has 0 saturated heterocycles. The fourth-order valence-electron chi connectivity index (χ4n) is 2.95. The second-order valence-corrected chi connectivity index (χ2v) is 8.36. The molecule has 1 aliphatic rings. The van der Waals surface area contributed by atoms with Crippen molar-refractivity contribution in [1.82, 2.24) is 0 Å². The van der Waals surface area contributed by atoms with Crippen LogP contribution in [0.2, 0.25) is 0 Å². The molecule has 0 fully saturated rings. The Hall–Kier alpha value is -2.12. The monoisotopic (exact) mass is 403 g/mol. The summed E-state index contributed by atoms with van der Waals surface area (Å²) in [4.78, 5) is 39.0. The van der Waals surface area contributed by atoms with Gasteiger partial charge in [0.2, 0.25) is 5.91 Å². The Labute approximate surface area is 166 Å². The van der Waals surface area contributed by atoms with Crippen molar-refractivity contribution in [2.45, 2.75) is 43.3 Å². The number of rotatable bonds is 6. The molecule has 1 atom stereocenters. The molecule has 0 unspecified atom stereocenters. The summed E-state index contributed by atoms with van der Waals surface area (Å²) in [5, 5.41) is 2.99. The third-order valence-corrected chi connectivity index (χ3v) is 6.70. The first kappa shape index (κ1) is 19.6. The number of carbonyl (C=O) groups is 3. The molecule has 1 heterocycles. The highest BCUT2D eigenvalue weighted by molar-refractivity contribution is 8.00. The summed E-state index contributed by atoms with van der Waals surface area (Å²) >= 11 is 2.73. The van der Waals surface area contributed by atoms with Crippen LogP contribution in [0.25, 0.3) is 0 Å². The molecule has 1 aromatic heterocycles. The number of ether oxygens (including phenoxy) is 1. The predicted octanol–water partition coefficient (Wildman–Crippen LogP) is 4.56. The number of fused-ring (bicyclic) bond motifs is 1. The van der Waals surface area contributed by atoms with Crippen LogP contribution in [0.5, 0.6) is 0 Å². The Bertz CT molecular complexity index is 860. The van der Waals surface area contributed by atoms with E-state index in [4.69, 9.17) is 4.74 Å². The van der Waals surface area contributed by atoms with Gasteiger partial charge in [-0.2, -0.15) is 0 Å². The Morgan fingerprint density at radius 3 is 2.67 bits per heavy atom. The highest BCUT2D eigenvalue weighted by Crippen LogP contribution is 2.42. The summed E-state index contributed by atoms with van der Waals surface area (Å²) in [6.45, 7) is 3.72. The fraction of sp³-hybridized carbons (Fsp3) is 0.350. The second-order valence-electron chi connectivity index (χ2n) is 6.06. The van der Waals surface area contributed by atoms with Crippen molar-refractivity contribution in [3.63, 3.8) is 0 Å². The molecule has 0 bridgehead atoms. The largest absolute Gasteiger partial charge is 0.462 e. The molecule has 27 heavy (non-hydrogen) atoms. The number of Topliss-reactive ketones (excluding diaryl/α,β-unsaturated/α-hetero) is 1. The van der Waals surface area contributed by atoms with Gasteiger partial charge in [0.25, 0.3) is 0 Å². The van der Waals surface area contributed by atoms with Crippen LogP contribution in [-0.2, 0) is 16.0 Å². The van der Waals surface area contributed by atoms with E-state index < -0.39 is 5.97 Å². The molecule has 1 aliphatic carbocycles. The average molecular weight is 404 g/mol. The van der Waals surface area contributed by atoms with Gasteiger partial charge in [0.15, 0.2) is 5.78 Å². The van der Waals surface area contributed by atoms with E-state index in [2.05, 4.69) is 5.32 Å². The SMILES string of the molecule is CCOC(=O)c1c(NC(=O)CC)sc2c1CC[C@H](Sc1ccccc1)C2=O. The van der Waals surface area contributed by atoms with E-state index in [0.717, 1.165) is 4.90 Å². The van der Waals surface area contributed by atoms with Gasteiger partial charge < -0.3 is 10.1 Å². The predicted molar refractivity (Wildman–Crippen MR) is 108 cm³/mol. The summed E-state index contributed by atoms with van der Waals surface area (Å²) in [6, 6.07) is 9.81. The Morgan fingerprint density at radius 2 is 2.00 bits per heavy atom. The maximum atomic E-state index is 13.0.